The predicted octanol–water partition coefficient (Wildman–Crippen LogP) is -0.200. The van der Waals surface area contributed by atoms with Gasteiger partial charge in [0.05, 0.1) is 12.2 Å². The van der Waals surface area contributed by atoms with Crippen LogP contribution < -0.4 is 16.8 Å². The van der Waals surface area contributed by atoms with Crippen LogP contribution in [-0.4, -0.2) is 30.3 Å². The number of hydrogen-bond acceptors (Lipinski definition) is 5. The molecule has 0 atom stereocenters. The van der Waals surface area contributed by atoms with Crippen LogP contribution >= 0.6 is 0 Å². The molecule has 0 unspecified atom stereocenters. The molecule has 0 aromatic heterocycles. The van der Waals surface area contributed by atoms with Gasteiger partial charge in [0.2, 0.25) is 0 Å². The van der Waals surface area contributed by atoms with E-state index in [1.807, 2.05) is 0 Å². The highest BCUT2D eigenvalue weighted by Crippen LogP contribution is 2.20. The topological polar surface area (TPSA) is 128 Å². The van der Waals surface area contributed by atoms with Gasteiger partial charge in [-0.15, -0.1) is 0 Å². The fourth-order valence-electron chi connectivity index (χ4n) is 1.10. The van der Waals surface area contributed by atoms with E-state index in [1.165, 1.54) is 18.2 Å². The molecule has 0 radical (unpaired) electrons. The first-order valence-corrected chi connectivity index (χ1v) is 4.79. The van der Waals surface area contributed by atoms with Gasteiger partial charge in [-0.2, -0.15) is 0 Å². The Morgan fingerprint density at radius 2 is 2.12 bits per heavy atom. The molecule has 0 bridgehead atoms. The smallest absolute Gasteiger partial charge is 0.404 e. The van der Waals surface area contributed by atoms with Gasteiger partial charge in [0, 0.05) is 5.56 Å². The van der Waals surface area contributed by atoms with E-state index in [2.05, 4.69) is 10.1 Å². The molecule has 92 valence electrons. The summed E-state index contributed by atoms with van der Waals surface area (Å²) >= 11 is 0. The van der Waals surface area contributed by atoms with Crippen LogP contribution in [-0.2, 0) is 4.74 Å². The molecule has 0 spiro atoms. The van der Waals surface area contributed by atoms with E-state index in [0.29, 0.717) is 0 Å². The third-order valence-electron chi connectivity index (χ3n) is 1.92. The van der Waals surface area contributed by atoms with Crippen LogP contribution in [0.3, 0.4) is 0 Å². The molecule has 0 fully saturated rings. The number of nitrogen functional groups attached to an aromatic ring is 1. The lowest BCUT2D eigenvalue weighted by Gasteiger charge is -2.06. The summed E-state index contributed by atoms with van der Waals surface area (Å²) in [6.45, 7) is 0.120. The van der Waals surface area contributed by atoms with E-state index in [1.54, 1.807) is 0 Å². The fourth-order valence-corrected chi connectivity index (χ4v) is 1.10. The van der Waals surface area contributed by atoms with Gasteiger partial charge in [0.25, 0.3) is 5.91 Å². The van der Waals surface area contributed by atoms with Crippen LogP contribution in [0, 0.1) is 0 Å². The molecule has 0 aliphatic heterocycles. The molecule has 0 aliphatic rings. The van der Waals surface area contributed by atoms with Crippen LogP contribution in [0.15, 0.2) is 18.2 Å². The number of nitrogens with two attached hydrogens (primary N) is 2. The van der Waals surface area contributed by atoms with E-state index >= 15 is 0 Å². The first-order valence-electron chi connectivity index (χ1n) is 4.79. The Kier molecular flexibility index (Phi) is 4.15. The number of phenols is 1. The summed E-state index contributed by atoms with van der Waals surface area (Å²) in [6, 6.07) is 4.14. The summed E-state index contributed by atoms with van der Waals surface area (Å²) in [6.07, 6.45) is -0.899. The molecule has 1 aromatic carbocycles. The van der Waals surface area contributed by atoms with Gasteiger partial charge in [-0.1, -0.05) is 0 Å². The molecular formula is C10H13N3O4. The maximum absolute atomic E-state index is 11.5. The van der Waals surface area contributed by atoms with Crippen LogP contribution in [0.1, 0.15) is 10.4 Å². The van der Waals surface area contributed by atoms with Crippen LogP contribution in [0.5, 0.6) is 5.75 Å². The maximum atomic E-state index is 11.5. The zero-order valence-electron chi connectivity index (χ0n) is 8.97. The molecule has 0 heterocycles. The molecule has 7 heteroatoms. The van der Waals surface area contributed by atoms with Crippen molar-refractivity contribution >= 4 is 17.7 Å². The molecule has 0 saturated carbocycles. The van der Waals surface area contributed by atoms with E-state index in [-0.39, 0.29) is 30.2 Å². The first kappa shape index (κ1) is 12.6. The lowest BCUT2D eigenvalue weighted by atomic mass is 10.2. The van der Waals surface area contributed by atoms with Crippen molar-refractivity contribution in [3.05, 3.63) is 23.8 Å². The maximum Gasteiger partial charge on any atom is 0.404 e. The second-order valence-corrected chi connectivity index (χ2v) is 3.20. The Morgan fingerprint density at radius 1 is 1.41 bits per heavy atom. The molecule has 1 rings (SSSR count). The Balaban J connectivity index is 2.47. The Bertz CT molecular complexity index is 434. The molecule has 6 N–H and O–H groups in total. The summed E-state index contributed by atoms with van der Waals surface area (Å²) in [4.78, 5) is 21.8. The lowest BCUT2D eigenvalue weighted by molar-refractivity contribution is 0.0936. The van der Waals surface area contributed by atoms with Crippen LogP contribution in [0.4, 0.5) is 10.5 Å². The van der Waals surface area contributed by atoms with Gasteiger partial charge in [0.15, 0.2) is 0 Å². The minimum absolute atomic E-state index is 0.0119. The molecule has 7 nitrogen and oxygen atoms in total. The SMILES string of the molecule is NC(=O)OCCNC(=O)c1ccc(N)c(O)c1. The van der Waals surface area contributed by atoms with E-state index in [4.69, 9.17) is 11.5 Å². The fraction of sp³-hybridized carbons (Fsp3) is 0.200. The van der Waals surface area contributed by atoms with E-state index in [9.17, 15) is 14.7 Å². The van der Waals surface area contributed by atoms with Gasteiger partial charge in [-0.05, 0) is 18.2 Å². The second-order valence-electron chi connectivity index (χ2n) is 3.20. The third kappa shape index (κ3) is 3.90. The molecule has 2 amide bonds. The number of benzene rings is 1. The average molecular weight is 239 g/mol. The monoisotopic (exact) mass is 239 g/mol. The zero-order valence-corrected chi connectivity index (χ0v) is 8.97. The summed E-state index contributed by atoms with van der Waals surface area (Å²) in [7, 11) is 0. The highest BCUT2D eigenvalue weighted by Gasteiger charge is 2.07. The molecule has 17 heavy (non-hydrogen) atoms. The highest BCUT2D eigenvalue weighted by molar-refractivity contribution is 5.95. The largest absolute Gasteiger partial charge is 0.506 e. The van der Waals surface area contributed by atoms with Crippen molar-refractivity contribution in [1.29, 1.82) is 0 Å². The van der Waals surface area contributed by atoms with Gasteiger partial charge in [-0.25, -0.2) is 4.79 Å². The molecule has 0 saturated heterocycles. The van der Waals surface area contributed by atoms with Gasteiger partial charge in [-0.3, -0.25) is 4.79 Å². The lowest BCUT2D eigenvalue weighted by Crippen LogP contribution is -2.28. The number of amides is 2. The summed E-state index contributed by atoms with van der Waals surface area (Å²) in [5, 5.41) is 11.8. The molecule has 1 aromatic rings. The molecule has 0 aliphatic carbocycles. The van der Waals surface area contributed by atoms with Gasteiger partial charge < -0.3 is 26.6 Å². The van der Waals surface area contributed by atoms with E-state index < -0.39 is 12.0 Å². The first-order chi connectivity index (χ1) is 8.00. The zero-order chi connectivity index (χ0) is 12.8. The van der Waals surface area contributed by atoms with Crippen LogP contribution in [0.25, 0.3) is 0 Å². The van der Waals surface area contributed by atoms with Gasteiger partial charge >= 0.3 is 6.09 Å². The quantitative estimate of drug-likeness (QED) is 0.328. The van der Waals surface area contributed by atoms with Crippen molar-refractivity contribution < 1.29 is 19.4 Å². The van der Waals surface area contributed by atoms with Crippen molar-refractivity contribution in [3.8, 4) is 5.75 Å². The number of carbonyl (C=O) groups is 2. The number of primary amides is 1. The number of ether oxygens (including phenoxy) is 1. The average Bonchev–Trinajstić information content (AvgIpc) is 2.27. The Hall–Kier alpha value is -2.44. The number of hydrogen-bond donors (Lipinski definition) is 4. The summed E-state index contributed by atoms with van der Waals surface area (Å²) in [5.41, 5.74) is 10.6. The standard InChI is InChI=1S/C10H13N3O4/c11-7-2-1-6(5-8(7)14)9(15)13-3-4-17-10(12)16/h1-2,5,14H,3-4,11H2,(H2,12,16)(H,13,15). The van der Waals surface area contributed by atoms with E-state index in [0.717, 1.165) is 0 Å². The van der Waals surface area contributed by atoms with Crippen molar-refractivity contribution in [1.82, 2.24) is 5.32 Å². The summed E-state index contributed by atoms with van der Waals surface area (Å²) < 4.78 is 4.43. The van der Waals surface area contributed by atoms with Crippen molar-refractivity contribution in [2.75, 3.05) is 18.9 Å². The minimum atomic E-state index is -0.899. The second kappa shape index (κ2) is 5.59. The third-order valence-corrected chi connectivity index (χ3v) is 1.92. The Morgan fingerprint density at radius 3 is 2.71 bits per heavy atom. The number of anilines is 1. The van der Waals surface area contributed by atoms with Crippen molar-refractivity contribution in [2.24, 2.45) is 5.73 Å². The van der Waals surface area contributed by atoms with Crippen molar-refractivity contribution in [3.63, 3.8) is 0 Å². The number of rotatable bonds is 4. The number of carbonyl (C=O) groups excluding carboxylic acids is 2. The number of aromatic hydroxyl groups is 1. The van der Waals surface area contributed by atoms with Crippen LogP contribution in [0.2, 0.25) is 0 Å². The molecular weight excluding hydrogens is 226 g/mol. The Labute approximate surface area is 97.4 Å². The normalized spacial score (nSPS) is 9.65. The number of nitrogens with one attached hydrogen (secondary N) is 1. The minimum Gasteiger partial charge on any atom is -0.506 e. The highest BCUT2D eigenvalue weighted by atomic mass is 16.5. The van der Waals surface area contributed by atoms with Crippen molar-refractivity contribution in [2.45, 2.75) is 0 Å². The predicted molar refractivity (Wildman–Crippen MR) is 60.4 cm³/mol. The number of phenolic OH excluding ortho intramolecular Hbond substituents is 1. The van der Waals surface area contributed by atoms with Gasteiger partial charge in [0.1, 0.15) is 12.4 Å². The summed E-state index contributed by atoms with van der Waals surface area (Å²) in [5.74, 6) is -0.570.